The van der Waals surface area contributed by atoms with Crippen molar-refractivity contribution >= 4 is 34.8 Å². The normalized spacial score (nSPS) is 10.9. The summed E-state index contributed by atoms with van der Waals surface area (Å²) in [4.78, 5) is 14.0. The number of benzene rings is 2. The molecule has 0 aliphatic heterocycles. The van der Waals surface area contributed by atoms with E-state index in [1.54, 1.807) is 22.9 Å². The Labute approximate surface area is 160 Å². The largest absolute Gasteiger partial charge is 0.325 e. The summed E-state index contributed by atoms with van der Waals surface area (Å²) < 4.78 is 1.65. The third-order valence-corrected chi connectivity index (χ3v) is 4.30. The van der Waals surface area contributed by atoms with Crippen LogP contribution in [0.15, 0.2) is 48.5 Å². The Morgan fingerprint density at radius 3 is 2.65 bits per heavy atom. The lowest BCUT2D eigenvalue weighted by molar-refractivity contribution is -0.117. The first kappa shape index (κ1) is 18.3. The van der Waals surface area contributed by atoms with Crippen LogP contribution in [0.1, 0.15) is 5.82 Å². The number of amides is 1. The number of para-hydroxylation sites is 1. The SMILES string of the molecule is CN(CC(=O)Nc1ccc(Cl)c(Cl)c1)Cc1nnnn1-c1ccccc1. The first-order chi connectivity index (χ1) is 12.5. The van der Waals surface area contributed by atoms with Gasteiger partial charge in [-0.15, -0.1) is 5.10 Å². The van der Waals surface area contributed by atoms with E-state index >= 15 is 0 Å². The van der Waals surface area contributed by atoms with Crippen molar-refractivity contribution < 1.29 is 4.79 Å². The molecule has 1 amide bonds. The van der Waals surface area contributed by atoms with E-state index in [-0.39, 0.29) is 12.5 Å². The van der Waals surface area contributed by atoms with E-state index in [0.29, 0.717) is 28.1 Å². The summed E-state index contributed by atoms with van der Waals surface area (Å²) in [5.74, 6) is 0.464. The van der Waals surface area contributed by atoms with Crippen molar-refractivity contribution in [2.45, 2.75) is 6.54 Å². The monoisotopic (exact) mass is 390 g/mol. The molecule has 3 aromatic rings. The van der Waals surface area contributed by atoms with Crippen LogP contribution < -0.4 is 5.32 Å². The van der Waals surface area contributed by atoms with Crippen LogP contribution in [0.2, 0.25) is 10.0 Å². The van der Waals surface area contributed by atoms with Crippen molar-refractivity contribution in [1.82, 2.24) is 25.1 Å². The summed E-state index contributed by atoms with van der Waals surface area (Å²) in [5.41, 5.74) is 1.45. The minimum absolute atomic E-state index is 0.169. The fourth-order valence-electron chi connectivity index (χ4n) is 2.39. The summed E-state index contributed by atoms with van der Waals surface area (Å²) >= 11 is 11.8. The van der Waals surface area contributed by atoms with Gasteiger partial charge in [-0.2, -0.15) is 4.68 Å². The molecule has 3 rings (SSSR count). The highest BCUT2D eigenvalue weighted by molar-refractivity contribution is 6.42. The maximum absolute atomic E-state index is 12.2. The Morgan fingerprint density at radius 1 is 1.15 bits per heavy atom. The minimum atomic E-state index is -0.176. The second kappa shape index (κ2) is 8.27. The molecule has 0 unspecified atom stereocenters. The van der Waals surface area contributed by atoms with E-state index < -0.39 is 0 Å². The zero-order valence-corrected chi connectivity index (χ0v) is 15.4. The van der Waals surface area contributed by atoms with Crippen LogP contribution in [-0.4, -0.2) is 44.6 Å². The van der Waals surface area contributed by atoms with E-state index in [1.165, 1.54) is 0 Å². The molecular formula is C17H16Cl2N6O. The predicted octanol–water partition coefficient (Wildman–Crippen LogP) is 3.04. The first-order valence-corrected chi connectivity index (χ1v) is 8.54. The topological polar surface area (TPSA) is 75.9 Å². The smallest absolute Gasteiger partial charge is 0.238 e. The van der Waals surface area contributed by atoms with Crippen molar-refractivity contribution in [3.63, 3.8) is 0 Å². The van der Waals surface area contributed by atoms with Gasteiger partial charge in [-0.1, -0.05) is 41.4 Å². The fourth-order valence-corrected chi connectivity index (χ4v) is 2.69. The number of nitrogens with one attached hydrogen (secondary N) is 1. The lowest BCUT2D eigenvalue weighted by Crippen LogP contribution is -2.30. The highest BCUT2D eigenvalue weighted by Crippen LogP contribution is 2.24. The molecule has 0 aliphatic rings. The Balaban J connectivity index is 1.61. The van der Waals surface area contributed by atoms with Crippen LogP contribution in [0.5, 0.6) is 0 Å². The second-order valence-electron chi connectivity index (χ2n) is 5.69. The van der Waals surface area contributed by atoms with Crippen LogP contribution in [0.4, 0.5) is 5.69 Å². The Kier molecular flexibility index (Phi) is 5.82. The number of nitrogens with zero attached hydrogens (tertiary/aromatic N) is 5. The van der Waals surface area contributed by atoms with Gasteiger partial charge in [0.1, 0.15) is 0 Å². The van der Waals surface area contributed by atoms with Crippen molar-refractivity contribution in [1.29, 1.82) is 0 Å². The number of aromatic nitrogens is 4. The van der Waals surface area contributed by atoms with Crippen molar-refractivity contribution in [3.8, 4) is 5.69 Å². The number of hydrogen-bond donors (Lipinski definition) is 1. The number of anilines is 1. The minimum Gasteiger partial charge on any atom is -0.325 e. The van der Waals surface area contributed by atoms with Gasteiger partial charge in [0.05, 0.1) is 28.8 Å². The highest BCUT2D eigenvalue weighted by atomic mass is 35.5. The first-order valence-electron chi connectivity index (χ1n) is 7.79. The molecular weight excluding hydrogens is 375 g/mol. The number of carbonyl (C=O) groups is 1. The third kappa shape index (κ3) is 4.57. The summed E-state index contributed by atoms with van der Waals surface area (Å²) in [6.45, 7) is 0.582. The molecule has 0 bridgehead atoms. The van der Waals surface area contributed by atoms with E-state index in [9.17, 15) is 4.79 Å². The van der Waals surface area contributed by atoms with Gasteiger partial charge < -0.3 is 5.32 Å². The van der Waals surface area contributed by atoms with E-state index in [0.717, 1.165) is 5.69 Å². The van der Waals surface area contributed by atoms with Crippen molar-refractivity contribution in [2.24, 2.45) is 0 Å². The molecule has 7 nitrogen and oxygen atoms in total. The Bertz CT molecular complexity index is 899. The van der Waals surface area contributed by atoms with Crippen LogP contribution in [0.25, 0.3) is 5.69 Å². The molecule has 0 saturated heterocycles. The van der Waals surface area contributed by atoms with Crippen molar-refractivity contribution in [3.05, 3.63) is 64.4 Å². The maximum Gasteiger partial charge on any atom is 0.238 e. The summed E-state index contributed by atoms with van der Waals surface area (Å²) in [5, 5.41) is 15.4. The van der Waals surface area contributed by atoms with Crippen LogP contribution in [0, 0.1) is 0 Å². The molecule has 26 heavy (non-hydrogen) atoms. The van der Waals surface area contributed by atoms with Crippen LogP contribution >= 0.6 is 23.2 Å². The molecule has 1 heterocycles. The molecule has 9 heteroatoms. The predicted molar refractivity (Wildman–Crippen MR) is 101 cm³/mol. The second-order valence-corrected chi connectivity index (χ2v) is 6.51. The van der Waals surface area contributed by atoms with E-state index in [1.807, 2.05) is 42.3 Å². The number of tetrazole rings is 1. The standard InChI is InChI=1S/C17H16Cl2N6O/c1-24(11-17(26)20-12-7-8-14(18)15(19)9-12)10-16-21-22-23-25(16)13-5-3-2-4-6-13/h2-9H,10-11H2,1H3,(H,20,26). The fraction of sp³-hybridized carbons (Fsp3) is 0.176. The zero-order chi connectivity index (χ0) is 18.5. The number of hydrogen-bond acceptors (Lipinski definition) is 5. The van der Waals surface area contributed by atoms with Gasteiger partial charge in [-0.25, -0.2) is 0 Å². The molecule has 0 aliphatic carbocycles. The number of rotatable bonds is 6. The Morgan fingerprint density at radius 2 is 1.92 bits per heavy atom. The summed E-state index contributed by atoms with van der Waals surface area (Å²) in [6, 6.07) is 14.5. The molecule has 1 aromatic heterocycles. The van der Waals surface area contributed by atoms with E-state index in [4.69, 9.17) is 23.2 Å². The molecule has 0 atom stereocenters. The van der Waals surface area contributed by atoms with Crippen molar-refractivity contribution in [2.75, 3.05) is 18.9 Å². The number of carbonyl (C=O) groups excluding carboxylic acids is 1. The number of halogens is 2. The quantitative estimate of drug-likeness (QED) is 0.699. The number of likely N-dealkylation sites (N-methyl/N-ethyl adjacent to an activating group) is 1. The third-order valence-electron chi connectivity index (χ3n) is 3.56. The van der Waals surface area contributed by atoms with Crippen LogP contribution in [0.3, 0.4) is 0 Å². The summed E-state index contributed by atoms with van der Waals surface area (Å²) in [7, 11) is 1.82. The maximum atomic E-state index is 12.2. The summed E-state index contributed by atoms with van der Waals surface area (Å²) in [6.07, 6.45) is 0. The lowest BCUT2D eigenvalue weighted by atomic mass is 10.3. The molecule has 0 radical (unpaired) electrons. The lowest BCUT2D eigenvalue weighted by Gasteiger charge is -2.16. The average molecular weight is 391 g/mol. The van der Waals surface area contributed by atoms with Gasteiger partial charge in [0, 0.05) is 5.69 Å². The highest BCUT2D eigenvalue weighted by Gasteiger charge is 2.13. The van der Waals surface area contributed by atoms with Gasteiger partial charge in [0.15, 0.2) is 5.82 Å². The van der Waals surface area contributed by atoms with Crippen LogP contribution in [-0.2, 0) is 11.3 Å². The van der Waals surface area contributed by atoms with Gasteiger partial charge in [-0.3, -0.25) is 9.69 Å². The molecule has 0 saturated carbocycles. The molecule has 0 fully saturated rings. The molecule has 2 aromatic carbocycles. The van der Waals surface area contributed by atoms with E-state index in [2.05, 4.69) is 20.8 Å². The molecule has 1 N–H and O–H groups in total. The van der Waals surface area contributed by atoms with Gasteiger partial charge >= 0.3 is 0 Å². The van der Waals surface area contributed by atoms with Gasteiger partial charge in [0.2, 0.25) is 5.91 Å². The zero-order valence-electron chi connectivity index (χ0n) is 13.9. The van der Waals surface area contributed by atoms with Gasteiger partial charge in [-0.05, 0) is 47.8 Å². The molecule has 134 valence electrons. The van der Waals surface area contributed by atoms with Gasteiger partial charge in [0.25, 0.3) is 0 Å². The molecule has 0 spiro atoms. The Hall–Kier alpha value is -2.48. The average Bonchev–Trinajstić information content (AvgIpc) is 3.06.